The van der Waals surface area contributed by atoms with E-state index in [0.717, 1.165) is 36.7 Å². The number of carbonyl (C=O) groups excluding carboxylic acids is 1. The molecule has 25 heavy (non-hydrogen) atoms. The van der Waals surface area contributed by atoms with Crippen LogP contribution < -0.4 is 0 Å². The number of amidine groups is 1. The van der Waals surface area contributed by atoms with Crippen LogP contribution in [0, 0.1) is 0 Å². The first-order valence-electron chi connectivity index (χ1n) is 7.93. The normalized spacial score (nSPS) is 19.1. The average molecular weight is 393 g/mol. The van der Waals surface area contributed by atoms with E-state index in [-0.39, 0.29) is 5.91 Å². The molecule has 1 aromatic heterocycles. The first kappa shape index (κ1) is 16.8. The minimum atomic E-state index is -0.214. The van der Waals surface area contributed by atoms with Crippen molar-refractivity contribution in [2.45, 2.75) is 12.8 Å². The second kappa shape index (κ2) is 6.90. The lowest BCUT2D eigenvalue weighted by atomic mass is 10.2. The molecule has 2 aliphatic heterocycles. The van der Waals surface area contributed by atoms with Crippen LogP contribution in [-0.4, -0.2) is 29.1 Å². The fraction of sp³-hybridized carbons (Fsp3) is 0.222. The second-order valence-corrected chi connectivity index (χ2v) is 7.68. The number of carbonyl (C=O) groups is 1. The zero-order chi connectivity index (χ0) is 17.4. The number of amides is 1. The molecule has 0 spiro atoms. The zero-order valence-corrected chi connectivity index (χ0v) is 15.5. The minimum absolute atomic E-state index is 0.214. The van der Waals surface area contributed by atoms with Crippen LogP contribution in [0.1, 0.15) is 18.6 Å². The Kier molecular flexibility index (Phi) is 4.63. The van der Waals surface area contributed by atoms with Crippen molar-refractivity contribution in [3.8, 4) is 11.3 Å². The van der Waals surface area contributed by atoms with Crippen LogP contribution in [0.4, 0.5) is 0 Å². The number of aliphatic imine (C=N–C) groups is 1. The minimum Gasteiger partial charge on any atom is -0.457 e. The van der Waals surface area contributed by atoms with Crippen LogP contribution in [0.15, 0.2) is 44.6 Å². The summed E-state index contributed by atoms with van der Waals surface area (Å²) >= 11 is 13.5. The highest BCUT2D eigenvalue weighted by atomic mass is 35.5. The summed E-state index contributed by atoms with van der Waals surface area (Å²) in [5.74, 6) is 1.01. The maximum Gasteiger partial charge on any atom is 0.286 e. The maximum absolute atomic E-state index is 12.1. The molecule has 2 aliphatic rings. The van der Waals surface area contributed by atoms with Gasteiger partial charge in [-0.15, -0.1) is 0 Å². The van der Waals surface area contributed by atoms with Gasteiger partial charge in [-0.3, -0.25) is 4.79 Å². The maximum atomic E-state index is 12.1. The van der Waals surface area contributed by atoms with E-state index in [1.54, 1.807) is 18.2 Å². The van der Waals surface area contributed by atoms with Gasteiger partial charge in [0.2, 0.25) is 0 Å². The Morgan fingerprint density at radius 1 is 1.16 bits per heavy atom. The van der Waals surface area contributed by atoms with Crippen molar-refractivity contribution in [3.63, 3.8) is 0 Å². The van der Waals surface area contributed by atoms with E-state index in [1.165, 1.54) is 11.8 Å². The lowest BCUT2D eigenvalue weighted by molar-refractivity contribution is -0.113. The highest BCUT2D eigenvalue weighted by molar-refractivity contribution is 8.18. The molecule has 0 saturated carbocycles. The van der Waals surface area contributed by atoms with Crippen molar-refractivity contribution >= 4 is 52.1 Å². The molecule has 4 rings (SSSR count). The molecule has 0 radical (unpaired) electrons. The summed E-state index contributed by atoms with van der Waals surface area (Å²) in [6, 6.07) is 8.88. The summed E-state index contributed by atoms with van der Waals surface area (Å²) in [6.45, 7) is 1.93. The third-order valence-electron chi connectivity index (χ3n) is 4.08. The number of hydrogen-bond donors (Lipinski definition) is 0. The van der Waals surface area contributed by atoms with Crippen molar-refractivity contribution in [1.29, 1.82) is 0 Å². The molecule has 7 heteroatoms. The fourth-order valence-electron chi connectivity index (χ4n) is 2.84. The van der Waals surface area contributed by atoms with E-state index >= 15 is 0 Å². The Labute approximate surface area is 159 Å². The lowest BCUT2D eigenvalue weighted by Gasteiger charge is -2.14. The number of halogens is 2. The van der Waals surface area contributed by atoms with Crippen molar-refractivity contribution in [2.24, 2.45) is 4.99 Å². The molecular weight excluding hydrogens is 379 g/mol. The van der Waals surface area contributed by atoms with Gasteiger partial charge in [0, 0.05) is 29.8 Å². The molecule has 4 nitrogen and oxygen atoms in total. The average Bonchev–Trinajstić information content (AvgIpc) is 3.30. The van der Waals surface area contributed by atoms with Crippen LogP contribution in [0.2, 0.25) is 10.0 Å². The first-order chi connectivity index (χ1) is 12.1. The summed E-state index contributed by atoms with van der Waals surface area (Å²) in [7, 11) is 0. The van der Waals surface area contributed by atoms with E-state index in [0.29, 0.717) is 26.5 Å². The number of rotatable bonds is 2. The lowest BCUT2D eigenvalue weighted by Crippen LogP contribution is -2.23. The molecule has 0 bridgehead atoms. The quantitative estimate of drug-likeness (QED) is 0.648. The van der Waals surface area contributed by atoms with E-state index in [2.05, 4.69) is 9.89 Å². The van der Waals surface area contributed by atoms with Gasteiger partial charge in [-0.05, 0) is 54.9 Å². The van der Waals surface area contributed by atoms with Gasteiger partial charge in [0.05, 0.1) is 9.93 Å². The van der Waals surface area contributed by atoms with Gasteiger partial charge in [-0.1, -0.05) is 23.2 Å². The highest BCUT2D eigenvalue weighted by Crippen LogP contribution is 2.34. The molecule has 0 N–H and O–H groups in total. The fourth-order valence-corrected chi connectivity index (χ4v) is 4.28. The molecule has 0 unspecified atom stereocenters. The highest BCUT2D eigenvalue weighted by Gasteiger charge is 2.27. The third-order valence-corrected chi connectivity index (χ3v) is 5.67. The standard InChI is InChI=1S/C18H14Cl2N2O2S/c19-11-3-5-13(14(20)9-11)15-6-4-12(24-15)10-16-17(23)21-18(25-16)22-7-1-2-8-22/h3-6,9-10H,1-2,7-8H2/b16-10-. The molecule has 1 saturated heterocycles. The van der Waals surface area contributed by atoms with Gasteiger partial charge < -0.3 is 9.32 Å². The topological polar surface area (TPSA) is 45.8 Å². The van der Waals surface area contributed by atoms with Crippen molar-refractivity contribution in [3.05, 3.63) is 51.0 Å². The zero-order valence-electron chi connectivity index (χ0n) is 13.2. The predicted molar refractivity (Wildman–Crippen MR) is 103 cm³/mol. The summed E-state index contributed by atoms with van der Waals surface area (Å²) in [6.07, 6.45) is 4.03. The number of thioether (sulfide) groups is 1. The number of furan rings is 1. The second-order valence-electron chi connectivity index (χ2n) is 5.83. The number of likely N-dealkylation sites (tertiary alicyclic amines) is 1. The Morgan fingerprint density at radius 2 is 1.96 bits per heavy atom. The van der Waals surface area contributed by atoms with Crippen LogP contribution >= 0.6 is 35.0 Å². The predicted octanol–water partition coefficient (Wildman–Crippen LogP) is 5.32. The summed E-state index contributed by atoms with van der Waals surface area (Å²) < 4.78 is 5.83. The van der Waals surface area contributed by atoms with Crippen molar-refractivity contribution < 1.29 is 9.21 Å². The van der Waals surface area contributed by atoms with Crippen molar-refractivity contribution in [2.75, 3.05) is 13.1 Å². The Balaban J connectivity index is 1.55. The Bertz CT molecular complexity index is 898. The van der Waals surface area contributed by atoms with E-state index in [4.69, 9.17) is 27.6 Å². The van der Waals surface area contributed by atoms with Gasteiger partial charge >= 0.3 is 0 Å². The van der Waals surface area contributed by atoms with Crippen molar-refractivity contribution in [1.82, 2.24) is 4.90 Å². The van der Waals surface area contributed by atoms with E-state index in [9.17, 15) is 4.79 Å². The summed E-state index contributed by atoms with van der Waals surface area (Å²) in [4.78, 5) is 19.0. The van der Waals surface area contributed by atoms with Gasteiger partial charge in [0.1, 0.15) is 11.5 Å². The molecular formula is C18H14Cl2N2O2S. The van der Waals surface area contributed by atoms with Gasteiger partial charge in [-0.2, -0.15) is 4.99 Å². The molecule has 1 aromatic carbocycles. The van der Waals surface area contributed by atoms with Gasteiger partial charge in [-0.25, -0.2) is 0 Å². The van der Waals surface area contributed by atoms with Gasteiger partial charge in [0.25, 0.3) is 5.91 Å². The summed E-state index contributed by atoms with van der Waals surface area (Å²) in [5.41, 5.74) is 0.759. The molecule has 1 fully saturated rings. The van der Waals surface area contributed by atoms with E-state index < -0.39 is 0 Å². The molecule has 3 heterocycles. The largest absolute Gasteiger partial charge is 0.457 e. The summed E-state index contributed by atoms with van der Waals surface area (Å²) in [5, 5.41) is 1.88. The SMILES string of the molecule is O=C1N=C(N2CCCC2)S/C1=C\c1ccc(-c2ccc(Cl)cc2Cl)o1. The first-order valence-corrected chi connectivity index (χ1v) is 9.50. The van der Waals surface area contributed by atoms with Crippen LogP contribution in [0.3, 0.4) is 0 Å². The smallest absolute Gasteiger partial charge is 0.286 e. The molecule has 1 amide bonds. The van der Waals surface area contributed by atoms with Gasteiger partial charge in [0.15, 0.2) is 5.17 Å². The van der Waals surface area contributed by atoms with Crippen LogP contribution in [0.25, 0.3) is 17.4 Å². The third kappa shape index (κ3) is 3.50. The molecule has 2 aromatic rings. The molecule has 128 valence electrons. The molecule has 0 aliphatic carbocycles. The number of benzene rings is 1. The Hall–Kier alpha value is -1.69. The number of nitrogens with zero attached hydrogens (tertiary/aromatic N) is 2. The van der Waals surface area contributed by atoms with Crippen LogP contribution in [-0.2, 0) is 4.79 Å². The number of hydrogen-bond acceptors (Lipinski definition) is 4. The molecule has 0 atom stereocenters. The van der Waals surface area contributed by atoms with Crippen LogP contribution in [0.5, 0.6) is 0 Å². The van der Waals surface area contributed by atoms with E-state index in [1.807, 2.05) is 18.2 Å². The monoisotopic (exact) mass is 392 g/mol. The Morgan fingerprint density at radius 3 is 2.72 bits per heavy atom.